The van der Waals surface area contributed by atoms with Crippen LogP contribution in [0.1, 0.15) is 33.6 Å². The van der Waals surface area contributed by atoms with Gasteiger partial charge in [0, 0.05) is 30.1 Å². The van der Waals surface area contributed by atoms with Crippen LogP contribution in [0.4, 0.5) is 10.6 Å². The first-order valence-electron chi connectivity index (χ1n) is 9.97. The van der Waals surface area contributed by atoms with Crippen LogP contribution in [0.25, 0.3) is 0 Å². The molecule has 0 unspecified atom stereocenters. The van der Waals surface area contributed by atoms with E-state index < -0.39 is 5.60 Å². The quantitative estimate of drug-likeness (QED) is 0.549. The Bertz CT molecular complexity index is 867. The summed E-state index contributed by atoms with van der Waals surface area (Å²) in [6.07, 6.45) is 1.34. The van der Waals surface area contributed by atoms with E-state index in [-0.39, 0.29) is 12.1 Å². The summed E-state index contributed by atoms with van der Waals surface area (Å²) in [4.78, 5) is 19.8. The fourth-order valence-corrected chi connectivity index (χ4v) is 4.48. The molecule has 1 amide bonds. The number of methoxy groups -OCH3 is 1. The Morgan fingerprint density at radius 1 is 1.17 bits per heavy atom. The zero-order valence-corrected chi connectivity index (χ0v) is 19.4. The van der Waals surface area contributed by atoms with Crippen molar-refractivity contribution in [1.29, 1.82) is 0 Å². The zero-order chi connectivity index (χ0) is 21.7. The molecular formula is C22H28ClN3O3S. The lowest BCUT2D eigenvalue weighted by Crippen LogP contribution is -2.46. The molecule has 0 bridgehead atoms. The number of piperidine rings is 1. The molecule has 0 spiro atoms. The average molecular weight is 450 g/mol. The molecule has 8 heteroatoms. The smallest absolute Gasteiger partial charge is 0.410 e. The van der Waals surface area contributed by atoms with Gasteiger partial charge in [-0.05, 0) is 63.8 Å². The number of pyridine rings is 1. The number of nitrogens with zero attached hydrogens (tertiary/aromatic N) is 3. The lowest BCUT2D eigenvalue weighted by atomic mass is 10.1. The average Bonchev–Trinajstić information content (AvgIpc) is 2.72. The highest BCUT2D eigenvalue weighted by Gasteiger charge is 2.31. The maximum Gasteiger partial charge on any atom is 0.410 e. The minimum atomic E-state index is -0.496. The minimum Gasteiger partial charge on any atom is -0.481 e. The summed E-state index contributed by atoms with van der Waals surface area (Å²) >= 11 is 7.98. The van der Waals surface area contributed by atoms with Crippen LogP contribution in [0.2, 0.25) is 5.02 Å². The van der Waals surface area contributed by atoms with Gasteiger partial charge in [-0.2, -0.15) is 4.98 Å². The fraction of sp³-hybridized carbons (Fsp3) is 0.455. The number of ether oxygens (including phenoxy) is 2. The third-order valence-electron chi connectivity index (χ3n) is 4.62. The predicted octanol–water partition coefficient (Wildman–Crippen LogP) is 5.66. The molecule has 0 atom stereocenters. The van der Waals surface area contributed by atoms with Gasteiger partial charge >= 0.3 is 6.09 Å². The normalized spacial score (nSPS) is 15.0. The third-order valence-corrected chi connectivity index (χ3v) is 6.30. The second-order valence-corrected chi connectivity index (χ2v) is 9.51. The van der Waals surface area contributed by atoms with Gasteiger partial charge in [0.2, 0.25) is 5.88 Å². The molecule has 30 heavy (non-hydrogen) atoms. The molecule has 0 aliphatic carbocycles. The number of hydrogen-bond acceptors (Lipinski definition) is 6. The van der Waals surface area contributed by atoms with Gasteiger partial charge in [0.15, 0.2) is 0 Å². The minimum absolute atomic E-state index is 0.185. The van der Waals surface area contributed by atoms with E-state index in [0.717, 1.165) is 23.6 Å². The van der Waals surface area contributed by atoms with Crippen LogP contribution in [-0.2, 0) is 4.74 Å². The summed E-state index contributed by atoms with van der Waals surface area (Å²) in [5, 5.41) is 0.696. The van der Waals surface area contributed by atoms with Gasteiger partial charge in [0.25, 0.3) is 0 Å². The predicted molar refractivity (Wildman–Crippen MR) is 121 cm³/mol. The van der Waals surface area contributed by atoms with Crippen molar-refractivity contribution in [3.63, 3.8) is 0 Å². The van der Waals surface area contributed by atoms with E-state index in [4.69, 9.17) is 21.1 Å². The number of anilines is 1. The summed E-state index contributed by atoms with van der Waals surface area (Å²) in [6.45, 7) is 6.91. The molecule has 1 aliphatic rings. The van der Waals surface area contributed by atoms with Gasteiger partial charge in [-0.15, -0.1) is 0 Å². The van der Waals surface area contributed by atoms with Crippen molar-refractivity contribution in [2.75, 3.05) is 24.5 Å². The first-order valence-corrected chi connectivity index (χ1v) is 11.1. The van der Waals surface area contributed by atoms with Crippen LogP contribution in [0, 0.1) is 0 Å². The van der Waals surface area contributed by atoms with Crippen molar-refractivity contribution >= 4 is 35.5 Å². The molecule has 1 aromatic carbocycles. The van der Waals surface area contributed by atoms with Crippen molar-refractivity contribution in [2.24, 2.45) is 0 Å². The molecule has 6 nitrogen and oxygen atoms in total. The molecule has 162 valence electrons. The monoisotopic (exact) mass is 449 g/mol. The Kier molecular flexibility index (Phi) is 7.36. The van der Waals surface area contributed by atoms with Crippen LogP contribution < -0.4 is 9.04 Å². The summed E-state index contributed by atoms with van der Waals surface area (Å²) in [5.74, 6) is 1.36. The summed E-state index contributed by atoms with van der Waals surface area (Å²) in [6, 6.07) is 13.7. The van der Waals surface area contributed by atoms with E-state index in [0.29, 0.717) is 24.0 Å². The molecule has 0 saturated carbocycles. The number of amides is 1. The number of aromatic nitrogens is 1. The standard InChI is InChI=1S/C22H28ClN3O3S/c1-22(2,3)29-21(27)25-14-12-16(13-15-25)26(19-10-7-11-20(24-19)28-4)30-18-9-6-5-8-17(18)23/h5-11,16H,12-15H2,1-4H3. The van der Waals surface area contributed by atoms with E-state index in [9.17, 15) is 4.79 Å². The largest absolute Gasteiger partial charge is 0.481 e. The number of carbonyl (C=O) groups is 1. The molecule has 3 rings (SSSR count). The van der Waals surface area contributed by atoms with Gasteiger partial charge in [0.05, 0.1) is 12.1 Å². The Balaban J connectivity index is 1.78. The summed E-state index contributed by atoms with van der Waals surface area (Å²) in [7, 11) is 1.61. The van der Waals surface area contributed by atoms with Crippen molar-refractivity contribution in [2.45, 2.75) is 50.2 Å². The Morgan fingerprint density at radius 2 is 1.87 bits per heavy atom. The third kappa shape index (κ3) is 5.95. The van der Waals surface area contributed by atoms with E-state index in [1.165, 1.54) is 0 Å². The first kappa shape index (κ1) is 22.6. The molecule has 1 aliphatic heterocycles. The highest BCUT2D eigenvalue weighted by molar-refractivity contribution is 8.00. The molecule has 2 heterocycles. The summed E-state index contributed by atoms with van der Waals surface area (Å²) < 4.78 is 13.0. The molecule has 1 aromatic heterocycles. The molecule has 1 saturated heterocycles. The SMILES string of the molecule is COc1cccc(N(Sc2ccccc2Cl)C2CCN(C(=O)OC(C)(C)C)CC2)n1. The molecular weight excluding hydrogens is 422 g/mol. The number of hydrogen-bond donors (Lipinski definition) is 0. The van der Waals surface area contributed by atoms with Gasteiger partial charge in [0.1, 0.15) is 11.4 Å². The van der Waals surface area contributed by atoms with E-state index in [1.54, 1.807) is 24.0 Å². The first-order chi connectivity index (χ1) is 14.3. The van der Waals surface area contributed by atoms with E-state index in [2.05, 4.69) is 9.29 Å². The zero-order valence-electron chi connectivity index (χ0n) is 17.8. The van der Waals surface area contributed by atoms with E-state index >= 15 is 0 Å². The molecule has 0 N–H and O–H groups in total. The van der Waals surface area contributed by atoms with Crippen LogP contribution >= 0.6 is 23.5 Å². The second-order valence-electron chi connectivity index (χ2n) is 8.08. The van der Waals surface area contributed by atoms with E-state index in [1.807, 2.05) is 63.2 Å². The molecule has 1 fully saturated rings. The van der Waals surface area contributed by atoms with Crippen LogP contribution in [-0.4, -0.2) is 47.8 Å². The highest BCUT2D eigenvalue weighted by atomic mass is 35.5. The van der Waals surface area contributed by atoms with Crippen molar-refractivity contribution in [3.05, 3.63) is 47.5 Å². The maximum atomic E-state index is 12.4. The molecule has 2 aromatic rings. The lowest BCUT2D eigenvalue weighted by Gasteiger charge is -2.38. The Labute approximate surface area is 187 Å². The number of halogens is 1. The van der Waals surface area contributed by atoms with Crippen molar-refractivity contribution in [1.82, 2.24) is 9.88 Å². The highest BCUT2D eigenvalue weighted by Crippen LogP contribution is 2.37. The van der Waals surface area contributed by atoms with Crippen LogP contribution in [0.5, 0.6) is 5.88 Å². The van der Waals surface area contributed by atoms with Gasteiger partial charge in [-0.25, -0.2) is 4.79 Å². The number of carbonyl (C=O) groups excluding carboxylic acids is 1. The van der Waals surface area contributed by atoms with Gasteiger partial charge < -0.3 is 14.4 Å². The Hall–Kier alpha value is -2.12. The topological polar surface area (TPSA) is 54.9 Å². The second kappa shape index (κ2) is 9.79. The van der Waals surface area contributed by atoms with Gasteiger partial charge in [-0.1, -0.05) is 29.8 Å². The van der Waals surface area contributed by atoms with Crippen LogP contribution in [0.3, 0.4) is 0 Å². The number of likely N-dealkylation sites (tertiary alicyclic amines) is 1. The maximum absolute atomic E-state index is 12.4. The summed E-state index contributed by atoms with van der Waals surface area (Å²) in [5.41, 5.74) is -0.496. The van der Waals surface area contributed by atoms with Gasteiger partial charge in [-0.3, -0.25) is 4.31 Å². The molecule has 0 radical (unpaired) electrons. The lowest BCUT2D eigenvalue weighted by molar-refractivity contribution is 0.0208. The Morgan fingerprint density at radius 3 is 2.50 bits per heavy atom. The number of rotatable bonds is 5. The van der Waals surface area contributed by atoms with Crippen LogP contribution in [0.15, 0.2) is 47.4 Å². The van der Waals surface area contributed by atoms with Crippen molar-refractivity contribution in [3.8, 4) is 5.88 Å². The number of benzene rings is 1. The fourth-order valence-electron chi connectivity index (χ4n) is 3.18. The van der Waals surface area contributed by atoms with Crippen molar-refractivity contribution < 1.29 is 14.3 Å².